The molecule has 1 aromatic heterocycles. The number of aromatic nitrogens is 1. The Morgan fingerprint density at radius 1 is 1.16 bits per heavy atom. The van der Waals surface area contributed by atoms with E-state index in [1.165, 1.54) is 5.56 Å². The summed E-state index contributed by atoms with van der Waals surface area (Å²) in [7, 11) is 0. The van der Waals surface area contributed by atoms with Crippen LogP contribution in [0.2, 0.25) is 0 Å². The molecule has 0 saturated carbocycles. The molecule has 0 aliphatic carbocycles. The molecule has 0 aliphatic rings. The van der Waals surface area contributed by atoms with Gasteiger partial charge in [-0.25, -0.2) is 6.21 Å². The fourth-order valence-electron chi connectivity index (χ4n) is 1.23. The Morgan fingerprint density at radius 3 is 2.32 bits per heavy atom. The van der Waals surface area contributed by atoms with Gasteiger partial charge in [0.2, 0.25) is 0 Å². The molecule has 0 N–H and O–H groups in total. The Balaban J connectivity index is 0. The second-order valence-electron chi connectivity index (χ2n) is 3.37. The zero-order valence-corrected chi connectivity index (χ0v) is 12.3. The van der Waals surface area contributed by atoms with E-state index in [9.17, 15) is 0 Å². The fraction of sp³-hybridized carbons (Fsp3) is 0.133. The van der Waals surface area contributed by atoms with E-state index in [1.54, 1.807) is 19.3 Å². The molecule has 0 amide bonds. The Bertz CT molecular complexity index is 476. The first-order chi connectivity index (χ1) is 8.27. The van der Waals surface area contributed by atoms with Crippen molar-refractivity contribution in [2.45, 2.75) is 13.8 Å². The van der Waals surface area contributed by atoms with Gasteiger partial charge in [-0.15, -0.1) is 5.69 Å². The van der Waals surface area contributed by atoms with E-state index in [2.05, 4.69) is 9.98 Å². The average molecular weight is 299 g/mol. The summed E-state index contributed by atoms with van der Waals surface area (Å²) in [5, 5.41) is 7.44. The molecule has 0 fully saturated rings. The zero-order chi connectivity index (χ0) is 12.5. The van der Waals surface area contributed by atoms with Gasteiger partial charge in [-0.05, 0) is 18.6 Å². The Morgan fingerprint density at radius 2 is 1.79 bits per heavy atom. The molecule has 0 spiro atoms. The first-order valence-electron chi connectivity index (χ1n) is 5.37. The third-order valence-corrected chi connectivity index (χ3v) is 2.03. The van der Waals surface area contributed by atoms with Gasteiger partial charge in [0.25, 0.3) is 0 Å². The molecule has 1 radical (unpaired) electrons. The van der Waals surface area contributed by atoms with E-state index < -0.39 is 0 Å². The summed E-state index contributed by atoms with van der Waals surface area (Å²) in [6, 6.07) is 11.9. The molecule has 0 aliphatic heterocycles. The molecular formula is C15H18N3Ni. The maximum Gasteiger partial charge on any atom is 3.00 e. The maximum absolute atomic E-state index is 7.44. The van der Waals surface area contributed by atoms with Gasteiger partial charge in [0, 0.05) is 6.21 Å². The van der Waals surface area contributed by atoms with Gasteiger partial charge in [0.15, 0.2) is 0 Å². The number of hydrogen-bond donors (Lipinski definition) is 0. The van der Waals surface area contributed by atoms with E-state index in [0.717, 1.165) is 17.6 Å². The minimum Gasteiger partial charge on any atom is -0.814 e. The summed E-state index contributed by atoms with van der Waals surface area (Å²) >= 11 is 0. The Hall–Kier alpha value is -1.67. The van der Waals surface area contributed by atoms with E-state index >= 15 is 0 Å². The summed E-state index contributed by atoms with van der Waals surface area (Å²) in [4.78, 5) is 8.47. The number of benzene rings is 1. The van der Waals surface area contributed by atoms with Gasteiger partial charge in [-0.3, -0.25) is 4.99 Å². The van der Waals surface area contributed by atoms with Crippen molar-refractivity contribution in [1.29, 1.82) is 0 Å². The van der Waals surface area contributed by atoms with E-state index in [0.29, 0.717) is 0 Å². The van der Waals surface area contributed by atoms with Crippen LogP contribution in [0.3, 0.4) is 0 Å². The van der Waals surface area contributed by atoms with E-state index in [1.807, 2.05) is 43.3 Å². The van der Waals surface area contributed by atoms with Gasteiger partial charge >= 0.3 is 16.5 Å². The summed E-state index contributed by atoms with van der Waals surface area (Å²) in [5.41, 5.74) is 3.07. The van der Waals surface area contributed by atoms with Crippen molar-refractivity contribution in [3.8, 4) is 0 Å². The smallest absolute Gasteiger partial charge is 0.814 e. The summed E-state index contributed by atoms with van der Waals surface area (Å²) in [6.45, 7) is 3.60. The van der Waals surface area contributed by atoms with Crippen molar-refractivity contribution in [2.24, 2.45) is 4.99 Å². The summed E-state index contributed by atoms with van der Waals surface area (Å²) in [6.07, 6.45) is 4.54. The molecular weight excluding hydrogens is 281 g/mol. The molecule has 0 bridgehead atoms. The monoisotopic (exact) mass is 298 g/mol. The number of aliphatic imine (C=N–C) groups is 1. The van der Waals surface area contributed by atoms with Crippen molar-refractivity contribution in [3.63, 3.8) is 0 Å². The Kier molecular flexibility index (Phi) is 11.8. The fourth-order valence-corrected chi connectivity index (χ4v) is 1.23. The van der Waals surface area contributed by atoms with Gasteiger partial charge in [0.1, 0.15) is 0 Å². The molecule has 0 unspecified atom stereocenters. The van der Waals surface area contributed by atoms with E-state index in [-0.39, 0.29) is 23.9 Å². The molecule has 1 aromatic carbocycles. The molecule has 19 heavy (non-hydrogen) atoms. The van der Waals surface area contributed by atoms with Crippen LogP contribution in [0.15, 0.2) is 47.6 Å². The standard InChI is InChI=1S/C12H11N2.C2H4N.CH3.Ni/c1-10-5-2-3-7-12(10)14-9-11-6-4-8-13-11;1-2-3;;/h2-9H,1H3;2H,1H3;1H3;/q3*-1;+3. The second-order valence-corrected chi connectivity index (χ2v) is 3.37. The predicted octanol–water partition coefficient (Wildman–Crippen LogP) is 3.80. The predicted molar refractivity (Wildman–Crippen MR) is 79.7 cm³/mol. The van der Waals surface area contributed by atoms with Gasteiger partial charge in [0.05, 0.1) is 5.69 Å². The number of rotatable bonds is 2. The molecule has 103 valence electrons. The van der Waals surface area contributed by atoms with E-state index in [4.69, 9.17) is 5.41 Å². The number of nitrogens with zero attached hydrogens (tertiary/aromatic N) is 3. The summed E-state index contributed by atoms with van der Waals surface area (Å²) in [5.74, 6) is 0. The van der Waals surface area contributed by atoms with Crippen LogP contribution in [-0.4, -0.2) is 12.4 Å². The first kappa shape index (κ1) is 19.7. The molecule has 4 heteroatoms. The van der Waals surface area contributed by atoms with Gasteiger partial charge < -0.3 is 17.8 Å². The summed E-state index contributed by atoms with van der Waals surface area (Å²) < 4.78 is 0. The average Bonchev–Trinajstić information content (AvgIpc) is 2.82. The molecule has 3 nitrogen and oxygen atoms in total. The number of para-hydroxylation sites is 1. The Labute approximate surface area is 125 Å². The van der Waals surface area contributed by atoms with Crippen LogP contribution in [0.4, 0.5) is 5.69 Å². The number of aryl methyl sites for hydroxylation is 1. The SMILES string of the molecule is CC=[N-].Cc1ccccc1N=Cc1ccc[n-]1.[CH3-].[Ni+3]. The maximum atomic E-state index is 7.44. The van der Waals surface area contributed by atoms with Crippen LogP contribution >= 0.6 is 0 Å². The zero-order valence-electron chi connectivity index (χ0n) is 11.4. The third-order valence-electron chi connectivity index (χ3n) is 2.03. The van der Waals surface area contributed by atoms with Gasteiger partial charge in [-0.1, -0.05) is 37.3 Å². The largest absolute Gasteiger partial charge is 3.00 e. The van der Waals surface area contributed by atoms with Crippen LogP contribution in [0, 0.1) is 14.4 Å². The minimum absolute atomic E-state index is 0. The molecule has 0 atom stereocenters. The quantitative estimate of drug-likeness (QED) is 0.472. The molecule has 1 heterocycles. The van der Waals surface area contributed by atoms with Gasteiger partial charge in [-0.2, -0.15) is 6.20 Å². The first-order valence-corrected chi connectivity index (χ1v) is 5.37. The van der Waals surface area contributed by atoms with Crippen LogP contribution in [0.25, 0.3) is 5.41 Å². The van der Waals surface area contributed by atoms with Crippen LogP contribution in [0.5, 0.6) is 0 Å². The third kappa shape index (κ3) is 7.37. The van der Waals surface area contributed by atoms with Crippen LogP contribution in [-0.2, 0) is 16.5 Å². The molecule has 0 saturated heterocycles. The number of hydrogen-bond acceptors (Lipinski definition) is 1. The molecule has 2 aromatic rings. The van der Waals surface area contributed by atoms with Crippen molar-refractivity contribution in [2.75, 3.05) is 0 Å². The molecule has 2 rings (SSSR count). The van der Waals surface area contributed by atoms with Crippen molar-refractivity contribution < 1.29 is 16.5 Å². The van der Waals surface area contributed by atoms with Crippen molar-refractivity contribution in [1.82, 2.24) is 4.98 Å². The minimum atomic E-state index is 0. The van der Waals surface area contributed by atoms with Crippen molar-refractivity contribution >= 4 is 18.1 Å². The van der Waals surface area contributed by atoms with Crippen LogP contribution < -0.4 is 4.98 Å². The topological polar surface area (TPSA) is 48.8 Å². The van der Waals surface area contributed by atoms with Crippen LogP contribution in [0.1, 0.15) is 18.2 Å². The normalized spacial score (nSPS) is 8.74. The second kappa shape index (κ2) is 11.4. The van der Waals surface area contributed by atoms with Crippen molar-refractivity contribution in [3.05, 3.63) is 66.7 Å².